The Bertz CT molecular complexity index is 626. The minimum Gasteiger partial charge on any atom is -0.543 e. The van der Waals surface area contributed by atoms with Crippen LogP contribution in [0.2, 0.25) is 19.6 Å². The number of rotatable bonds is 4. The van der Waals surface area contributed by atoms with Gasteiger partial charge >= 0.3 is 0 Å². The summed E-state index contributed by atoms with van der Waals surface area (Å²) in [5.41, 5.74) is 2.99. The highest BCUT2D eigenvalue weighted by Gasteiger charge is 2.18. The lowest BCUT2D eigenvalue weighted by molar-refractivity contribution is 0.558. The molecule has 1 aromatic heterocycles. The Hall–Kier alpha value is -1.88. The van der Waals surface area contributed by atoms with Crippen LogP contribution < -0.4 is 4.43 Å². The number of hydrogen-bond donors (Lipinski definition) is 0. The fourth-order valence-electron chi connectivity index (χ4n) is 1.86. The fraction of sp³-hybridized carbons (Fsp3) is 0.333. The lowest BCUT2D eigenvalue weighted by Gasteiger charge is -2.21. The third kappa shape index (κ3) is 3.80. The van der Waals surface area contributed by atoms with Gasteiger partial charge in [0.2, 0.25) is 8.32 Å². The van der Waals surface area contributed by atoms with Crippen LogP contribution in [0.3, 0.4) is 0 Å². The molecule has 4 nitrogen and oxygen atoms in total. The summed E-state index contributed by atoms with van der Waals surface area (Å²) >= 11 is 0. The summed E-state index contributed by atoms with van der Waals surface area (Å²) in [6.45, 7) is 8.56. The molecule has 0 saturated heterocycles. The molecule has 0 unspecified atom stereocenters. The van der Waals surface area contributed by atoms with Crippen LogP contribution in [0.1, 0.15) is 11.1 Å². The molecule has 0 N–H and O–H groups in total. The average molecular weight is 287 g/mol. The predicted octanol–water partition coefficient (Wildman–Crippen LogP) is 3.69. The number of aromatic nitrogens is 2. The van der Waals surface area contributed by atoms with Crippen molar-refractivity contribution in [2.24, 2.45) is 12.0 Å². The van der Waals surface area contributed by atoms with E-state index in [4.69, 9.17) is 4.43 Å². The second kappa shape index (κ2) is 5.62. The third-order valence-corrected chi connectivity index (χ3v) is 3.52. The number of para-hydroxylation sites is 1. The van der Waals surface area contributed by atoms with Gasteiger partial charge in [0, 0.05) is 25.0 Å². The van der Waals surface area contributed by atoms with Gasteiger partial charge < -0.3 is 4.43 Å². The molecule has 2 aromatic rings. The zero-order valence-corrected chi connectivity index (χ0v) is 13.7. The Balaban J connectivity index is 2.32. The maximum atomic E-state index is 6.11. The van der Waals surface area contributed by atoms with Crippen molar-refractivity contribution in [3.05, 3.63) is 41.7 Å². The first-order valence-electron chi connectivity index (χ1n) is 6.66. The Morgan fingerprint density at radius 2 is 2.05 bits per heavy atom. The molecule has 106 valence electrons. The molecule has 5 heteroatoms. The SMILES string of the molecule is Cc1cccc(O[Si](C)(C)C)c1/N=C/c1cnn(C)c1. The summed E-state index contributed by atoms with van der Waals surface area (Å²) in [6.07, 6.45) is 5.55. The van der Waals surface area contributed by atoms with Gasteiger partial charge in [-0.2, -0.15) is 5.10 Å². The van der Waals surface area contributed by atoms with Crippen LogP contribution >= 0.6 is 0 Å². The van der Waals surface area contributed by atoms with E-state index in [2.05, 4.69) is 29.7 Å². The second-order valence-corrected chi connectivity index (χ2v) is 10.3. The van der Waals surface area contributed by atoms with Crippen LogP contribution in [0.15, 0.2) is 35.6 Å². The molecule has 0 aliphatic heterocycles. The summed E-state index contributed by atoms with van der Waals surface area (Å²) in [5.74, 6) is 0.865. The fourth-order valence-corrected chi connectivity index (χ4v) is 2.68. The van der Waals surface area contributed by atoms with E-state index in [9.17, 15) is 0 Å². The van der Waals surface area contributed by atoms with Crippen molar-refractivity contribution in [2.75, 3.05) is 0 Å². The lowest BCUT2D eigenvalue weighted by atomic mass is 10.2. The Morgan fingerprint density at radius 1 is 1.30 bits per heavy atom. The van der Waals surface area contributed by atoms with E-state index in [-0.39, 0.29) is 0 Å². The van der Waals surface area contributed by atoms with E-state index >= 15 is 0 Å². The van der Waals surface area contributed by atoms with Gasteiger partial charge in [-0.25, -0.2) is 0 Å². The van der Waals surface area contributed by atoms with Crippen molar-refractivity contribution in [3.8, 4) is 5.75 Å². The summed E-state index contributed by atoms with van der Waals surface area (Å²) in [6, 6.07) is 6.04. The Kier molecular flexibility index (Phi) is 4.08. The molecule has 0 aliphatic carbocycles. The van der Waals surface area contributed by atoms with E-state index < -0.39 is 8.32 Å². The largest absolute Gasteiger partial charge is 0.543 e. The Morgan fingerprint density at radius 3 is 2.65 bits per heavy atom. The molecule has 20 heavy (non-hydrogen) atoms. The molecule has 0 saturated carbocycles. The van der Waals surface area contributed by atoms with Gasteiger partial charge in [-0.1, -0.05) is 12.1 Å². The van der Waals surface area contributed by atoms with Gasteiger partial charge in [0.1, 0.15) is 11.4 Å². The van der Waals surface area contributed by atoms with Crippen LogP contribution in [0, 0.1) is 6.92 Å². The maximum Gasteiger partial charge on any atom is 0.242 e. The van der Waals surface area contributed by atoms with Gasteiger partial charge in [-0.05, 0) is 38.2 Å². The lowest BCUT2D eigenvalue weighted by Crippen LogP contribution is -2.29. The van der Waals surface area contributed by atoms with E-state index in [1.54, 1.807) is 10.9 Å². The molecule has 0 aliphatic rings. The molecule has 0 amide bonds. The van der Waals surface area contributed by atoms with E-state index in [1.165, 1.54) is 0 Å². The minimum absolute atomic E-state index is 0.865. The smallest absolute Gasteiger partial charge is 0.242 e. The quantitative estimate of drug-likeness (QED) is 0.635. The molecular formula is C15H21N3OSi. The van der Waals surface area contributed by atoms with Crippen LogP contribution in [0.5, 0.6) is 5.75 Å². The molecular weight excluding hydrogens is 266 g/mol. The first-order chi connectivity index (χ1) is 9.35. The molecule has 0 spiro atoms. The summed E-state index contributed by atoms with van der Waals surface area (Å²) in [5, 5.41) is 4.13. The summed E-state index contributed by atoms with van der Waals surface area (Å²) in [4.78, 5) is 4.59. The highest BCUT2D eigenvalue weighted by molar-refractivity contribution is 6.70. The molecule has 0 atom stereocenters. The normalized spacial score (nSPS) is 12.1. The number of benzene rings is 1. The topological polar surface area (TPSA) is 39.4 Å². The molecule has 1 heterocycles. The summed E-state index contributed by atoms with van der Waals surface area (Å²) in [7, 11) is 0.247. The van der Waals surface area contributed by atoms with Crippen molar-refractivity contribution < 1.29 is 4.43 Å². The van der Waals surface area contributed by atoms with Crippen LogP contribution in [0.4, 0.5) is 5.69 Å². The molecule has 0 bridgehead atoms. The van der Waals surface area contributed by atoms with E-state index in [1.807, 2.05) is 44.6 Å². The Labute approximate surface area is 121 Å². The van der Waals surface area contributed by atoms with E-state index in [0.29, 0.717) is 0 Å². The zero-order valence-electron chi connectivity index (χ0n) is 12.7. The average Bonchev–Trinajstić information content (AvgIpc) is 2.72. The number of hydrogen-bond acceptors (Lipinski definition) is 3. The molecule has 1 aromatic carbocycles. The maximum absolute atomic E-state index is 6.11. The minimum atomic E-state index is -1.65. The molecule has 2 rings (SSSR count). The van der Waals surface area contributed by atoms with Crippen molar-refractivity contribution in [1.29, 1.82) is 0 Å². The van der Waals surface area contributed by atoms with Gasteiger partial charge in [0.05, 0.1) is 6.20 Å². The zero-order chi connectivity index (χ0) is 14.8. The molecule has 0 radical (unpaired) electrons. The number of aryl methyl sites for hydroxylation is 2. The van der Waals surface area contributed by atoms with Gasteiger partial charge in [0.25, 0.3) is 0 Å². The molecule has 0 fully saturated rings. The highest BCUT2D eigenvalue weighted by atomic mass is 28.4. The third-order valence-electron chi connectivity index (χ3n) is 2.68. The predicted molar refractivity (Wildman–Crippen MR) is 85.6 cm³/mol. The number of nitrogens with zero attached hydrogens (tertiary/aromatic N) is 3. The highest BCUT2D eigenvalue weighted by Crippen LogP contribution is 2.32. The van der Waals surface area contributed by atoms with Crippen LogP contribution in [-0.2, 0) is 7.05 Å². The monoisotopic (exact) mass is 287 g/mol. The summed E-state index contributed by atoms with van der Waals surface area (Å²) < 4.78 is 7.87. The van der Waals surface area contributed by atoms with E-state index in [0.717, 1.165) is 22.6 Å². The van der Waals surface area contributed by atoms with Crippen molar-refractivity contribution in [1.82, 2.24) is 9.78 Å². The second-order valence-electron chi connectivity index (χ2n) is 5.84. The van der Waals surface area contributed by atoms with Crippen molar-refractivity contribution >= 4 is 20.2 Å². The first-order valence-corrected chi connectivity index (χ1v) is 10.1. The van der Waals surface area contributed by atoms with Crippen molar-refractivity contribution in [2.45, 2.75) is 26.6 Å². The first kappa shape index (κ1) is 14.5. The standard InChI is InChI=1S/C15H21N3OSi/c1-12-7-6-8-14(19-20(3,4)5)15(12)16-9-13-10-17-18(2)11-13/h6-11H,1-5H3/b16-9+. The van der Waals surface area contributed by atoms with Crippen LogP contribution in [0.25, 0.3) is 0 Å². The van der Waals surface area contributed by atoms with Gasteiger partial charge in [-0.3, -0.25) is 9.67 Å². The van der Waals surface area contributed by atoms with Gasteiger partial charge in [-0.15, -0.1) is 0 Å². The van der Waals surface area contributed by atoms with Crippen LogP contribution in [-0.4, -0.2) is 24.3 Å². The van der Waals surface area contributed by atoms with Crippen molar-refractivity contribution in [3.63, 3.8) is 0 Å². The van der Waals surface area contributed by atoms with Gasteiger partial charge in [0.15, 0.2) is 0 Å². The number of aliphatic imine (C=N–C) groups is 1.